The number of carbonyl (C=O) groups excluding carboxylic acids is 1. The average Bonchev–Trinajstić information content (AvgIpc) is 2.54. The summed E-state index contributed by atoms with van der Waals surface area (Å²) < 4.78 is 1.91. The molecule has 0 N–H and O–H groups in total. The zero-order chi connectivity index (χ0) is 10.8. The minimum atomic E-state index is -1.04. The molecule has 4 heteroatoms. The quantitative estimate of drug-likeness (QED) is 0.718. The largest absolute Gasteiger partial charge is 0.550 e. The first-order chi connectivity index (χ1) is 7.18. The normalized spacial score (nSPS) is 10.7. The monoisotopic (exact) mass is 203 g/mol. The highest BCUT2D eigenvalue weighted by Gasteiger charge is 2.06. The van der Waals surface area contributed by atoms with Crippen LogP contribution in [0.15, 0.2) is 24.3 Å². The summed E-state index contributed by atoms with van der Waals surface area (Å²) in [4.78, 5) is 14.7. The minimum Gasteiger partial charge on any atom is -0.550 e. The molecule has 0 fully saturated rings. The number of nitrogens with zero attached hydrogens (tertiary/aromatic N) is 2. The maximum atomic E-state index is 10.4. The molecule has 1 heterocycles. The van der Waals surface area contributed by atoms with E-state index in [1.54, 1.807) is 0 Å². The standard InChI is InChI=1S/C11H12N2O2/c1-13-9-5-3-2-4-8(9)12-10(13)6-7-11(14)15/h2-5H,6-7H2,1H3,(H,14,15)/p-1. The predicted octanol–water partition coefficient (Wildman–Crippen LogP) is 0.256. The van der Waals surface area contributed by atoms with Gasteiger partial charge in [-0.2, -0.15) is 0 Å². The number of carbonyl (C=O) groups is 1. The Kier molecular flexibility index (Phi) is 2.41. The van der Waals surface area contributed by atoms with Crippen LogP contribution >= 0.6 is 0 Å². The minimum absolute atomic E-state index is 0.0111. The lowest BCUT2D eigenvalue weighted by Gasteiger charge is -2.02. The first-order valence-electron chi connectivity index (χ1n) is 4.78. The van der Waals surface area contributed by atoms with Crippen LogP contribution in [0.5, 0.6) is 0 Å². The van der Waals surface area contributed by atoms with Crippen LogP contribution in [-0.4, -0.2) is 15.5 Å². The molecule has 0 unspecified atom stereocenters. The van der Waals surface area contributed by atoms with Crippen molar-refractivity contribution in [3.8, 4) is 0 Å². The average molecular weight is 203 g/mol. The third-order valence-corrected chi connectivity index (χ3v) is 2.43. The summed E-state index contributed by atoms with van der Waals surface area (Å²) in [7, 11) is 1.89. The van der Waals surface area contributed by atoms with Crippen LogP contribution in [0.1, 0.15) is 12.2 Å². The molecule has 0 saturated heterocycles. The zero-order valence-corrected chi connectivity index (χ0v) is 8.43. The third-order valence-electron chi connectivity index (χ3n) is 2.43. The molecule has 1 aromatic heterocycles. The highest BCUT2D eigenvalue weighted by atomic mass is 16.4. The predicted molar refractivity (Wildman–Crippen MR) is 54.0 cm³/mol. The summed E-state index contributed by atoms with van der Waals surface area (Å²) >= 11 is 0. The first kappa shape index (κ1) is 9.71. The SMILES string of the molecule is Cn1c(CCC(=O)[O-])nc2ccccc21. The number of para-hydroxylation sites is 2. The third kappa shape index (κ3) is 1.83. The van der Waals surface area contributed by atoms with Gasteiger partial charge in [-0.3, -0.25) is 0 Å². The number of aryl methyl sites for hydroxylation is 2. The number of hydrogen-bond donors (Lipinski definition) is 0. The molecule has 0 radical (unpaired) electrons. The maximum Gasteiger partial charge on any atom is 0.109 e. The molecule has 0 atom stereocenters. The highest BCUT2D eigenvalue weighted by molar-refractivity contribution is 5.75. The Hall–Kier alpha value is -1.84. The van der Waals surface area contributed by atoms with Crippen LogP contribution in [0, 0.1) is 0 Å². The van der Waals surface area contributed by atoms with Gasteiger partial charge >= 0.3 is 0 Å². The molecule has 15 heavy (non-hydrogen) atoms. The van der Waals surface area contributed by atoms with Crippen molar-refractivity contribution in [3.63, 3.8) is 0 Å². The number of carboxylic acid groups (broad SMARTS) is 1. The van der Waals surface area contributed by atoms with E-state index in [-0.39, 0.29) is 6.42 Å². The van der Waals surface area contributed by atoms with Crippen molar-refractivity contribution in [1.82, 2.24) is 9.55 Å². The zero-order valence-electron chi connectivity index (χ0n) is 8.43. The van der Waals surface area contributed by atoms with Gasteiger partial charge in [0.05, 0.1) is 11.0 Å². The fourth-order valence-electron chi connectivity index (χ4n) is 1.63. The second kappa shape index (κ2) is 3.73. The number of imidazole rings is 1. The van der Waals surface area contributed by atoms with Gasteiger partial charge in [0, 0.05) is 19.4 Å². The first-order valence-corrected chi connectivity index (χ1v) is 4.78. The van der Waals surface area contributed by atoms with Crippen molar-refractivity contribution in [2.45, 2.75) is 12.8 Å². The van der Waals surface area contributed by atoms with Crippen molar-refractivity contribution in [1.29, 1.82) is 0 Å². The van der Waals surface area contributed by atoms with Gasteiger partial charge in [-0.15, -0.1) is 0 Å². The molecule has 0 aliphatic carbocycles. The van der Waals surface area contributed by atoms with Gasteiger partial charge in [-0.05, 0) is 18.6 Å². The van der Waals surface area contributed by atoms with Crippen molar-refractivity contribution >= 4 is 17.0 Å². The van der Waals surface area contributed by atoms with E-state index in [4.69, 9.17) is 0 Å². The van der Waals surface area contributed by atoms with E-state index in [1.165, 1.54) is 0 Å². The summed E-state index contributed by atoms with van der Waals surface area (Å²) in [5, 5.41) is 10.4. The van der Waals surface area contributed by atoms with Crippen LogP contribution in [0.25, 0.3) is 11.0 Å². The molecular weight excluding hydrogens is 192 g/mol. The molecule has 78 valence electrons. The Morgan fingerprint density at radius 3 is 2.87 bits per heavy atom. The molecule has 0 spiro atoms. The Balaban J connectivity index is 2.36. The van der Waals surface area contributed by atoms with Gasteiger partial charge in [0.15, 0.2) is 0 Å². The number of benzene rings is 1. The summed E-state index contributed by atoms with van der Waals surface area (Å²) in [6.45, 7) is 0. The second-order valence-electron chi connectivity index (χ2n) is 3.45. The van der Waals surface area contributed by atoms with Crippen LogP contribution in [0.4, 0.5) is 0 Å². The van der Waals surface area contributed by atoms with Crippen molar-refractivity contribution in [2.75, 3.05) is 0 Å². The smallest absolute Gasteiger partial charge is 0.109 e. The summed E-state index contributed by atoms with van der Waals surface area (Å²) in [6.07, 6.45) is 0.421. The van der Waals surface area contributed by atoms with Crippen molar-refractivity contribution in [2.24, 2.45) is 7.05 Å². The number of rotatable bonds is 3. The molecule has 0 saturated carbocycles. The molecule has 1 aromatic carbocycles. The molecule has 0 aliphatic heterocycles. The lowest BCUT2D eigenvalue weighted by molar-refractivity contribution is -0.305. The van der Waals surface area contributed by atoms with E-state index in [1.807, 2.05) is 35.9 Å². The van der Waals surface area contributed by atoms with E-state index >= 15 is 0 Å². The number of aliphatic carboxylic acids is 1. The van der Waals surface area contributed by atoms with Crippen molar-refractivity contribution < 1.29 is 9.90 Å². The number of hydrogen-bond acceptors (Lipinski definition) is 3. The molecule has 2 aromatic rings. The highest BCUT2D eigenvalue weighted by Crippen LogP contribution is 2.14. The molecule has 2 rings (SSSR count). The second-order valence-corrected chi connectivity index (χ2v) is 3.45. The van der Waals surface area contributed by atoms with Crippen LogP contribution in [0.3, 0.4) is 0 Å². The Morgan fingerprint density at radius 1 is 1.47 bits per heavy atom. The van der Waals surface area contributed by atoms with Crippen LogP contribution in [0.2, 0.25) is 0 Å². The number of fused-ring (bicyclic) bond motifs is 1. The molecule has 0 amide bonds. The Morgan fingerprint density at radius 2 is 2.20 bits per heavy atom. The van der Waals surface area contributed by atoms with E-state index in [0.29, 0.717) is 6.42 Å². The molecular formula is C11H11N2O2-. The molecule has 0 aliphatic rings. The van der Waals surface area contributed by atoms with E-state index in [9.17, 15) is 9.90 Å². The van der Waals surface area contributed by atoms with Crippen LogP contribution < -0.4 is 5.11 Å². The van der Waals surface area contributed by atoms with Gasteiger partial charge in [-0.1, -0.05) is 12.1 Å². The Bertz CT molecular complexity index is 502. The molecule has 4 nitrogen and oxygen atoms in total. The van der Waals surface area contributed by atoms with Crippen LogP contribution in [-0.2, 0) is 18.3 Å². The van der Waals surface area contributed by atoms with Gasteiger partial charge in [0.1, 0.15) is 5.82 Å². The summed E-state index contributed by atoms with van der Waals surface area (Å²) in [5.74, 6) is -0.262. The lowest BCUT2D eigenvalue weighted by atomic mass is 10.3. The van der Waals surface area contributed by atoms with Gasteiger partial charge < -0.3 is 14.5 Å². The van der Waals surface area contributed by atoms with E-state index < -0.39 is 5.97 Å². The van der Waals surface area contributed by atoms with E-state index in [2.05, 4.69) is 4.98 Å². The summed E-state index contributed by atoms with van der Waals surface area (Å²) in [6, 6.07) is 7.73. The fraction of sp³-hybridized carbons (Fsp3) is 0.273. The van der Waals surface area contributed by atoms with E-state index in [0.717, 1.165) is 16.9 Å². The van der Waals surface area contributed by atoms with Gasteiger partial charge in [0.25, 0.3) is 0 Å². The maximum absolute atomic E-state index is 10.4. The fourth-order valence-corrected chi connectivity index (χ4v) is 1.63. The topological polar surface area (TPSA) is 58.0 Å². The lowest BCUT2D eigenvalue weighted by Crippen LogP contribution is -2.22. The van der Waals surface area contributed by atoms with Gasteiger partial charge in [-0.25, -0.2) is 4.98 Å². The number of aromatic nitrogens is 2. The Labute approximate surface area is 87.2 Å². The number of carboxylic acids is 1. The van der Waals surface area contributed by atoms with Gasteiger partial charge in [0.2, 0.25) is 0 Å². The molecule has 0 bridgehead atoms. The summed E-state index contributed by atoms with van der Waals surface area (Å²) in [5.41, 5.74) is 1.92. The van der Waals surface area contributed by atoms with Crippen molar-refractivity contribution in [3.05, 3.63) is 30.1 Å².